The second kappa shape index (κ2) is 16.9. The van der Waals surface area contributed by atoms with Gasteiger partial charge in [-0.05, 0) is 91.6 Å². The molecule has 4 rings (SSSR count). The van der Waals surface area contributed by atoms with Crippen molar-refractivity contribution in [3.05, 3.63) is 76.6 Å². The van der Waals surface area contributed by atoms with Gasteiger partial charge in [-0.25, -0.2) is 4.79 Å². The summed E-state index contributed by atoms with van der Waals surface area (Å²) < 4.78 is 13.1. The second-order valence-electron chi connectivity index (χ2n) is 18.2. The molecule has 272 valence electrons. The molecule has 10 heteroatoms. The first-order chi connectivity index (χ1) is 22.4. The average Bonchev–Trinajstić information content (AvgIpc) is 3.56. The van der Waals surface area contributed by atoms with Crippen molar-refractivity contribution in [3.8, 4) is 0 Å². The Kier molecular flexibility index (Phi) is 14.9. The number of rotatable bonds is 10. The Hall–Kier alpha value is -1.87. The van der Waals surface area contributed by atoms with E-state index in [-0.39, 0.29) is 30.7 Å². The number of carbonyl (C=O) groups is 2. The molecule has 1 unspecified atom stereocenters. The molecule has 2 aromatic carbocycles. The summed E-state index contributed by atoms with van der Waals surface area (Å²) in [7, 11) is -4.13. The van der Waals surface area contributed by atoms with E-state index in [0.717, 1.165) is 16.5 Å². The predicted molar refractivity (Wildman–Crippen MR) is 218 cm³/mol. The third kappa shape index (κ3) is 10.8. The van der Waals surface area contributed by atoms with Crippen molar-refractivity contribution in [2.24, 2.45) is 5.41 Å². The maximum Gasteiger partial charge on any atom is 1.00 e. The molecular formula is C40H66LiN3O3Si3. The third-order valence-electron chi connectivity index (χ3n) is 9.69. The molecule has 2 heterocycles. The summed E-state index contributed by atoms with van der Waals surface area (Å²) >= 11 is 0. The van der Waals surface area contributed by atoms with E-state index in [4.69, 9.17) is 9.38 Å². The minimum Gasteiger partial charge on any atom is -0.668 e. The summed E-state index contributed by atoms with van der Waals surface area (Å²) in [6.45, 7) is 34.5. The maximum atomic E-state index is 14.4. The van der Waals surface area contributed by atoms with Gasteiger partial charge >= 0.3 is 25.0 Å². The number of ether oxygens (including phenoxy) is 1. The Morgan fingerprint density at radius 3 is 1.84 bits per heavy atom. The monoisotopic (exact) mass is 727 g/mol. The molecule has 1 aliphatic heterocycles. The van der Waals surface area contributed by atoms with Crippen LogP contribution in [0.3, 0.4) is 0 Å². The molecule has 1 amide bonds. The number of hydrogen-bond donors (Lipinski definition) is 0. The van der Waals surface area contributed by atoms with Crippen LogP contribution >= 0.6 is 0 Å². The largest absolute Gasteiger partial charge is 1.00 e. The van der Waals surface area contributed by atoms with Crippen molar-refractivity contribution in [1.82, 2.24) is 9.13 Å². The van der Waals surface area contributed by atoms with Crippen LogP contribution in [0.4, 0.5) is 4.79 Å². The summed E-state index contributed by atoms with van der Waals surface area (Å²) in [5, 5.41) is 1.11. The van der Waals surface area contributed by atoms with Gasteiger partial charge < -0.3 is 18.5 Å². The van der Waals surface area contributed by atoms with Crippen LogP contribution in [0.2, 0.25) is 55.9 Å². The summed E-state index contributed by atoms with van der Waals surface area (Å²) in [6, 6.07) is 18.6. The molecule has 0 spiro atoms. The van der Waals surface area contributed by atoms with Gasteiger partial charge in [0.2, 0.25) is 0 Å². The van der Waals surface area contributed by atoms with Gasteiger partial charge in [0.25, 0.3) is 0 Å². The maximum absolute atomic E-state index is 14.4. The van der Waals surface area contributed by atoms with Crippen LogP contribution in [-0.2, 0) is 11.2 Å². The minimum atomic E-state index is -1.92. The first kappa shape index (κ1) is 44.3. The zero-order valence-corrected chi connectivity index (χ0v) is 37.4. The standard InChI is InChI=1S/C34H48N2O3Si.C6H18NSi2.Li/c1-24(2)40(25(3)4,26(5)6)36-19-17-28-21-29(15-16-30(28)36)31(37)34(22-27-13-11-10-12-14-27)18-20-35(23-34)32(38)39-33(7,8)9;1-8(2,3)7-9(4,5)6;/h10-17,19,21,24-26H,18,20,22-23H2,1-9H3;1-6H3;/q;-1;+1. The SMILES string of the molecule is CC(C)[Si](C(C)C)(C(C)C)n1ccc2cc(C(=O)C3(Cc4ccccc4)CCN(C(=O)OC(C)(C)C)C3)ccc21.C[Si](C)(C)[N-][Si](C)(C)C.[Li+]. The molecule has 1 aliphatic rings. The first-order valence-electron chi connectivity index (χ1n) is 18.3. The van der Waals surface area contributed by atoms with E-state index in [9.17, 15) is 9.59 Å². The van der Waals surface area contributed by atoms with Crippen LogP contribution in [0, 0.1) is 5.41 Å². The van der Waals surface area contributed by atoms with E-state index >= 15 is 0 Å². The molecule has 6 nitrogen and oxygen atoms in total. The van der Waals surface area contributed by atoms with Gasteiger partial charge in [-0.15, -0.1) is 0 Å². The van der Waals surface area contributed by atoms with Crippen LogP contribution in [-0.4, -0.2) is 64.4 Å². The van der Waals surface area contributed by atoms with Gasteiger partial charge in [0.05, 0.1) is 5.41 Å². The van der Waals surface area contributed by atoms with E-state index in [1.807, 2.05) is 45.0 Å². The molecule has 0 radical (unpaired) electrons. The molecular weight excluding hydrogens is 662 g/mol. The molecule has 1 aromatic heterocycles. The molecule has 0 saturated carbocycles. The zero-order chi connectivity index (χ0) is 37.2. The van der Waals surface area contributed by atoms with Gasteiger partial charge in [0, 0.05) is 24.2 Å². The van der Waals surface area contributed by atoms with Gasteiger partial charge in [0.1, 0.15) is 5.60 Å². The first-order valence-corrected chi connectivity index (χ1v) is 27.4. The number of hydrogen-bond acceptors (Lipinski definition) is 3. The van der Waals surface area contributed by atoms with E-state index < -0.39 is 35.7 Å². The predicted octanol–water partition coefficient (Wildman–Crippen LogP) is 8.75. The van der Waals surface area contributed by atoms with E-state index in [2.05, 4.69) is 122 Å². The number of fused-ring (bicyclic) bond motifs is 1. The number of benzene rings is 2. The Balaban J connectivity index is 0.000000764. The van der Waals surface area contributed by atoms with Crippen molar-refractivity contribution < 1.29 is 33.2 Å². The molecule has 50 heavy (non-hydrogen) atoms. The van der Waals surface area contributed by atoms with Gasteiger partial charge in [-0.1, -0.05) is 128 Å². The normalized spacial score (nSPS) is 17.2. The minimum absolute atomic E-state index is 0. The van der Waals surface area contributed by atoms with Crippen LogP contribution in [0.5, 0.6) is 0 Å². The van der Waals surface area contributed by atoms with Crippen molar-refractivity contribution in [2.75, 3.05) is 13.1 Å². The zero-order valence-electron chi connectivity index (χ0n) is 34.4. The Morgan fingerprint density at radius 1 is 0.840 bits per heavy atom. The molecule has 0 aliphatic carbocycles. The summed E-state index contributed by atoms with van der Waals surface area (Å²) in [5.74, 6) is 0.108. The fourth-order valence-corrected chi connectivity index (χ4v) is 23.2. The molecule has 3 aromatic rings. The number of carbonyl (C=O) groups excluding carboxylic acids is 2. The molecule has 0 bridgehead atoms. The van der Waals surface area contributed by atoms with Crippen molar-refractivity contribution in [2.45, 2.75) is 137 Å². The number of likely N-dealkylation sites (tertiary alicyclic amines) is 1. The number of nitrogens with zero attached hydrogens (tertiary/aromatic N) is 3. The summed E-state index contributed by atoms with van der Waals surface area (Å²) in [6.07, 6.45) is 3.13. The van der Waals surface area contributed by atoms with E-state index in [0.29, 0.717) is 42.6 Å². The fraction of sp³-hybridized carbons (Fsp3) is 0.600. The molecule has 1 atom stereocenters. The third-order valence-corrected chi connectivity index (χ3v) is 21.8. The van der Waals surface area contributed by atoms with Crippen molar-refractivity contribution in [1.29, 1.82) is 0 Å². The van der Waals surface area contributed by atoms with Gasteiger partial charge in [-0.2, -0.15) is 0 Å². The van der Waals surface area contributed by atoms with Gasteiger partial charge in [0.15, 0.2) is 14.0 Å². The number of amides is 1. The van der Waals surface area contributed by atoms with Crippen LogP contribution in [0.25, 0.3) is 15.6 Å². The van der Waals surface area contributed by atoms with E-state index in [1.165, 1.54) is 5.52 Å². The number of Topliss-reactive ketones (excluding diaryl/α,β-unsaturated/α-hetero) is 1. The second-order valence-corrected chi connectivity index (χ2v) is 33.5. The summed E-state index contributed by atoms with van der Waals surface area (Å²) in [4.78, 5) is 29.1. The van der Waals surface area contributed by atoms with Crippen molar-refractivity contribution in [3.63, 3.8) is 0 Å². The topological polar surface area (TPSA) is 65.6 Å². The fourth-order valence-electron chi connectivity index (χ4n) is 8.52. The Morgan fingerprint density at radius 2 is 1.38 bits per heavy atom. The quantitative estimate of drug-likeness (QED) is 0.155. The number of aromatic nitrogens is 1. The average molecular weight is 728 g/mol. The van der Waals surface area contributed by atoms with E-state index in [1.54, 1.807) is 4.90 Å². The Labute approximate surface area is 320 Å². The molecule has 1 saturated heterocycles. The van der Waals surface area contributed by atoms with Crippen molar-refractivity contribution >= 4 is 47.5 Å². The van der Waals surface area contributed by atoms with Gasteiger partial charge in [-0.3, -0.25) is 4.79 Å². The van der Waals surface area contributed by atoms with Crippen LogP contribution in [0.1, 0.15) is 84.7 Å². The molecule has 0 N–H and O–H groups in total. The Bertz CT molecular complexity index is 1540. The smallest absolute Gasteiger partial charge is 0.668 e. The number of ketones is 1. The molecule has 1 fully saturated rings. The summed E-state index contributed by atoms with van der Waals surface area (Å²) in [5.41, 5.74) is 3.51. The van der Waals surface area contributed by atoms with Crippen LogP contribution < -0.4 is 18.9 Å². The van der Waals surface area contributed by atoms with Crippen LogP contribution in [0.15, 0.2) is 60.8 Å².